The number of carbonyl (C=O) groups excluding carboxylic acids is 1. The van der Waals surface area contributed by atoms with Gasteiger partial charge in [0.2, 0.25) is 11.8 Å². The van der Waals surface area contributed by atoms with E-state index in [-0.39, 0.29) is 12.5 Å². The van der Waals surface area contributed by atoms with E-state index < -0.39 is 12.0 Å². The van der Waals surface area contributed by atoms with Crippen molar-refractivity contribution < 1.29 is 14.4 Å². The molecule has 1 atom stereocenters. The van der Waals surface area contributed by atoms with Crippen LogP contribution in [0.1, 0.15) is 50.7 Å². The molecule has 0 unspecified atom stereocenters. The molecule has 0 bridgehead atoms. The van der Waals surface area contributed by atoms with Crippen molar-refractivity contribution in [3.8, 4) is 0 Å². The predicted octanol–water partition coefficient (Wildman–Crippen LogP) is 0.970. The molecule has 18 heavy (non-hydrogen) atoms. The zero-order valence-electron chi connectivity index (χ0n) is 10.7. The van der Waals surface area contributed by atoms with Crippen LogP contribution in [0.15, 0.2) is 4.52 Å². The zero-order valence-corrected chi connectivity index (χ0v) is 10.7. The molecular formula is C12H19N3O3. The third-order valence-electron chi connectivity index (χ3n) is 2.84. The van der Waals surface area contributed by atoms with Gasteiger partial charge in [0.15, 0.2) is 5.82 Å². The van der Waals surface area contributed by atoms with E-state index >= 15 is 0 Å². The second-order valence-corrected chi connectivity index (χ2v) is 5.18. The van der Waals surface area contributed by atoms with Gasteiger partial charge in [-0.05, 0) is 25.2 Å². The third-order valence-corrected chi connectivity index (χ3v) is 2.84. The van der Waals surface area contributed by atoms with E-state index in [1.807, 2.05) is 13.8 Å². The molecule has 1 aliphatic carbocycles. The van der Waals surface area contributed by atoms with Crippen molar-refractivity contribution in [3.63, 3.8) is 0 Å². The first-order valence-electron chi connectivity index (χ1n) is 6.34. The normalized spacial score (nSPS) is 16.9. The summed E-state index contributed by atoms with van der Waals surface area (Å²) >= 11 is 0. The maximum atomic E-state index is 11.6. The van der Waals surface area contributed by atoms with Crippen molar-refractivity contribution >= 4 is 5.91 Å². The summed E-state index contributed by atoms with van der Waals surface area (Å²) in [5.74, 6) is 1.43. The lowest BCUT2D eigenvalue weighted by Crippen LogP contribution is -2.35. The number of rotatable bonds is 6. The number of amides is 1. The third kappa shape index (κ3) is 3.53. The average molecular weight is 253 g/mol. The van der Waals surface area contributed by atoms with Crippen molar-refractivity contribution in [3.05, 3.63) is 11.7 Å². The number of nitrogens with zero attached hydrogens (tertiary/aromatic N) is 2. The molecule has 1 fully saturated rings. The molecule has 2 rings (SSSR count). The van der Waals surface area contributed by atoms with Gasteiger partial charge < -0.3 is 14.9 Å². The highest BCUT2D eigenvalue weighted by Crippen LogP contribution is 2.37. The van der Waals surface area contributed by atoms with Gasteiger partial charge in [0.25, 0.3) is 0 Å². The Hall–Kier alpha value is -1.43. The molecule has 1 saturated carbocycles. The molecule has 100 valence electrons. The van der Waals surface area contributed by atoms with Crippen molar-refractivity contribution in [2.45, 2.75) is 51.7 Å². The lowest BCUT2D eigenvalue weighted by molar-refractivity contribution is -0.130. The van der Waals surface area contributed by atoms with Gasteiger partial charge in [-0.2, -0.15) is 4.98 Å². The molecule has 0 radical (unpaired) electrons. The summed E-state index contributed by atoms with van der Waals surface area (Å²) in [6.45, 7) is 4.08. The van der Waals surface area contributed by atoms with Gasteiger partial charge in [0.1, 0.15) is 6.10 Å². The molecule has 0 aromatic carbocycles. The van der Waals surface area contributed by atoms with E-state index in [1.165, 1.54) is 0 Å². The minimum Gasteiger partial charge on any atom is -0.383 e. The summed E-state index contributed by atoms with van der Waals surface area (Å²) in [5, 5.41) is 16.0. The van der Waals surface area contributed by atoms with Gasteiger partial charge in [0.05, 0.1) is 6.54 Å². The predicted molar refractivity (Wildman–Crippen MR) is 63.6 cm³/mol. The Kier molecular flexibility index (Phi) is 3.96. The van der Waals surface area contributed by atoms with Crippen LogP contribution in [0, 0.1) is 5.92 Å². The van der Waals surface area contributed by atoms with Crippen LogP contribution in [0.4, 0.5) is 0 Å². The molecule has 2 N–H and O–H groups in total. The highest BCUT2D eigenvalue weighted by atomic mass is 16.5. The lowest BCUT2D eigenvalue weighted by Gasteiger charge is -2.11. The summed E-state index contributed by atoms with van der Waals surface area (Å²) in [5.41, 5.74) is 0. The van der Waals surface area contributed by atoms with Gasteiger partial charge in [-0.15, -0.1) is 0 Å². The SMILES string of the molecule is CC(C)C[C@H](O)C(=O)NCc1nc(C2CC2)no1. The Morgan fingerprint density at radius 3 is 2.89 bits per heavy atom. The highest BCUT2D eigenvalue weighted by molar-refractivity contribution is 5.80. The standard InChI is InChI=1S/C12H19N3O3/c1-7(2)5-9(16)12(17)13-6-10-14-11(15-18-10)8-3-4-8/h7-9,16H,3-6H2,1-2H3,(H,13,17)/t9-/m0/s1. The number of carbonyl (C=O) groups is 1. The summed E-state index contributed by atoms with van der Waals surface area (Å²) in [4.78, 5) is 15.7. The van der Waals surface area contributed by atoms with Crippen LogP contribution in [0.3, 0.4) is 0 Å². The summed E-state index contributed by atoms with van der Waals surface area (Å²) < 4.78 is 5.02. The first-order chi connectivity index (χ1) is 8.56. The van der Waals surface area contributed by atoms with Crippen molar-refractivity contribution in [2.24, 2.45) is 5.92 Å². The Bertz CT molecular complexity index is 412. The van der Waals surface area contributed by atoms with E-state index in [2.05, 4.69) is 15.5 Å². The zero-order chi connectivity index (χ0) is 13.1. The van der Waals surface area contributed by atoms with E-state index in [0.717, 1.165) is 18.7 Å². The Balaban J connectivity index is 1.77. The lowest BCUT2D eigenvalue weighted by atomic mass is 10.1. The van der Waals surface area contributed by atoms with Gasteiger partial charge in [0, 0.05) is 5.92 Å². The summed E-state index contributed by atoms with van der Waals surface area (Å²) in [6.07, 6.45) is 1.69. The maximum Gasteiger partial charge on any atom is 0.249 e. The monoisotopic (exact) mass is 253 g/mol. The molecular weight excluding hydrogens is 234 g/mol. The largest absolute Gasteiger partial charge is 0.383 e. The van der Waals surface area contributed by atoms with Gasteiger partial charge in [-0.25, -0.2) is 0 Å². The average Bonchev–Trinajstić information content (AvgIpc) is 3.05. The fourth-order valence-electron chi connectivity index (χ4n) is 1.68. The number of hydrogen-bond acceptors (Lipinski definition) is 5. The quantitative estimate of drug-likeness (QED) is 0.788. The Morgan fingerprint density at radius 2 is 2.28 bits per heavy atom. The molecule has 1 amide bonds. The van der Waals surface area contributed by atoms with Crippen LogP contribution in [0.5, 0.6) is 0 Å². The first-order valence-corrected chi connectivity index (χ1v) is 6.34. The molecule has 0 saturated heterocycles. The Morgan fingerprint density at radius 1 is 1.56 bits per heavy atom. The van der Waals surface area contributed by atoms with Crippen LogP contribution in [0.2, 0.25) is 0 Å². The second-order valence-electron chi connectivity index (χ2n) is 5.18. The van der Waals surface area contributed by atoms with E-state index in [1.54, 1.807) is 0 Å². The molecule has 1 heterocycles. The number of aliphatic hydroxyl groups excluding tert-OH is 1. The van der Waals surface area contributed by atoms with Crippen molar-refractivity contribution in [1.82, 2.24) is 15.5 Å². The van der Waals surface area contributed by atoms with E-state index in [9.17, 15) is 9.90 Å². The van der Waals surface area contributed by atoms with Gasteiger partial charge in [-0.3, -0.25) is 4.79 Å². The number of hydrogen-bond donors (Lipinski definition) is 2. The smallest absolute Gasteiger partial charge is 0.249 e. The minimum atomic E-state index is -0.976. The molecule has 1 aromatic heterocycles. The molecule has 6 heteroatoms. The topological polar surface area (TPSA) is 88.2 Å². The number of aliphatic hydroxyl groups is 1. The van der Waals surface area contributed by atoms with Crippen molar-refractivity contribution in [2.75, 3.05) is 0 Å². The Labute approximate surface area is 106 Å². The van der Waals surface area contributed by atoms with Crippen LogP contribution < -0.4 is 5.32 Å². The molecule has 1 aromatic rings. The molecule has 0 spiro atoms. The van der Waals surface area contributed by atoms with E-state index in [0.29, 0.717) is 18.2 Å². The van der Waals surface area contributed by atoms with Gasteiger partial charge in [-0.1, -0.05) is 19.0 Å². The maximum absolute atomic E-state index is 11.6. The van der Waals surface area contributed by atoms with Crippen LogP contribution in [-0.2, 0) is 11.3 Å². The highest BCUT2D eigenvalue weighted by Gasteiger charge is 2.28. The van der Waals surface area contributed by atoms with Crippen LogP contribution in [-0.4, -0.2) is 27.3 Å². The van der Waals surface area contributed by atoms with Crippen LogP contribution in [0.25, 0.3) is 0 Å². The minimum absolute atomic E-state index is 0.174. The molecule has 6 nitrogen and oxygen atoms in total. The second kappa shape index (κ2) is 5.48. The number of nitrogens with one attached hydrogen (secondary N) is 1. The molecule has 0 aliphatic heterocycles. The number of aromatic nitrogens is 2. The molecule has 1 aliphatic rings. The fraction of sp³-hybridized carbons (Fsp3) is 0.750. The fourth-order valence-corrected chi connectivity index (χ4v) is 1.68. The van der Waals surface area contributed by atoms with Crippen LogP contribution >= 0.6 is 0 Å². The summed E-state index contributed by atoms with van der Waals surface area (Å²) in [6, 6.07) is 0. The first kappa shape index (κ1) is 13.0. The van der Waals surface area contributed by atoms with Crippen molar-refractivity contribution in [1.29, 1.82) is 0 Å². The van der Waals surface area contributed by atoms with Gasteiger partial charge >= 0.3 is 0 Å². The van der Waals surface area contributed by atoms with E-state index in [4.69, 9.17) is 4.52 Å². The summed E-state index contributed by atoms with van der Waals surface area (Å²) in [7, 11) is 0.